The van der Waals surface area contributed by atoms with Crippen molar-refractivity contribution >= 4 is 40.6 Å². The molecule has 1 unspecified atom stereocenters. The Balaban J connectivity index is 1.51. The number of carbonyl (C=O) groups excluding carboxylic acids is 1. The van der Waals surface area contributed by atoms with Crippen molar-refractivity contribution in [3.63, 3.8) is 0 Å². The number of nitrogens with zero attached hydrogens (tertiary/aromatic N) is 4. The second-order valence-corrected chi connectivity index (χ2v) is 9.72. The SMILES string of the molecule is CNC(=O)C1(C)CN(c2nc(Nc3cc4c(cc3OC)CCN(C)C4)ncc2Cl)c2ccccc21. The third kappa shape index (κ3) is 4.06. The van der Waals surface area contributed by atoms with Gasteiger partial charge >= 0.3 is 0 Å². The van der Waals surface area contributed by atoms with Gasteiger partial charge in [-0.3, -0.25) is 4.79 Å². The van der Waals surface area contributed by atoms with Crippen LogP contribution in [0.1, 0.15) is 23.6 Å². The van der Waals surface area contributed by atoms with E-state index in [-0.39, 0.29) is 5.91 Å². The van der Waals surface area contributed by atoms with Crippen molar-refractivity contribution in [3.8, 4) is 5.75 Å². The van der Waals surface area contributed by atoms with Crippen LogP contribution in [0.15, 0.2) is 42.6 Å². The van der Waals surface area contributed by atoms with Gasteiger partial charge in [0, 0.05) is 32.4 Å². The van der Waals surface area contributed by atoms with Gasteiger partial charge in [0.25, 0.3) is 0 Å². The normalized spacial score (nSPS) is 19.2. The van der Waals surface area contributed by atoms with E-state index < -0.39 is 5.41 Å². The van der Waals surface area contributed by atoms with Crippen LogP contribution in [0.25, 0.3) is 0 Å². The topological polar surface area (TPSA) is 82.6 Å². The molecule has 1 amide bonds. The molecule has 5 rings (SSSR count). The van der Waals surface area contributed by atoms with Gasteiger partial charge in [-0.2, -0.15) is 4.98 Å². The number of aromatic nitrogens is 2. The van der Waals surface area contributed by atoms with Crippen molar-refractivity contribution in [1.29, 1.82) is 0 Å². The van der Waals surface area contributed by atoms with E-state index >= 15 is 0 Å². The van der Waals surface area contributed by atoms with Crippen molar-refractivity contribution in [2.45, 2.75) is 25.3 Å². The number of nitrogens with one attached hydrogen (secondary N) is 2. The Morgan fingerprint density at radius 3 is 2.80 bits per heavy atom. The molecule has 0 saturated carbocycles. The number of anilines is 4. The van der Waals surface area contributed by atoms with Gasteiger partial charge in [-0.1, -0.05) is 29.8 Å². The molecule has 2 aliphatic heterocycles. The van der Waals surface area contributed by atoms with Crippen molar-refractivity contribution < 1.29 is 9.53 Å². The Morgan fingerprint density at radius 1 is 1.23 bits per heavy atom. The molecule has 2 aliphatic rings. The van der Waals surface area contributed by atoms with Gasteiger partial charge in [-0.15, -0.1) is 0 Å². The molecular formula is C26H29ClN6O2. The molecule has 1 aromatic heterocycles. The Hall–Kier alpha value is -3.36. The number of fused-ring (bicyclic) bond motifs is 2. The molecule has 0 bridgehead atoms. The number of amides is 1. The quantitative estimate of drug-likeness (QED) is 0.556. The molecule has 3 heterocycles. The van der Waals surface area contributed by atoms with Crippen molar-refractivity contribution in [3.05, 3.63) is 64.3 Å². The molecule has 35 heavy (non-hydrogen) atoms. The number of hydrogen-bond donors (Lipinski definition) is 2. The van der Waals surface area contributed by atoms with E-state index in [1.54, 1.807) is 20.4 Å². The minimum atomic E-state index is -0.735. The molecular weight excluding hydrogens is 464 g/mol. The van der Waals surface area contributed by atoms with E-state index in [1.807, 2.05) is 36.1 Å². The number of rotatable bonds is 5. The highest BCUT2D eigenvalue weighted by molar-refractivity contribution is 6.33. The van der Waals surface area contributed by atoms with Crippen LogP contribution in [0.2, 0.25) is 5.02 Å². The number of benzene rings is 2. The average molecular weight is 493 g/mol. The number of halogens is 1. The van der Waals surface area contributed by atoms with Crippen LogP contribution in [-0.4, -0.2) is 55.1 Å². The summed E-state index contributed by atoms with van der Waals surface area (Å²) in [6.45, 7) is 4.26. The zero-order valence-corrected chi connectivity index (χ0v) is 21.1. The highest BCUT2D eigenvalue weighted by Gasteiger charge is 2.45. The van der Waals surface area contributed by atoms with E-state index in [2.05, 4.69) is 39.7 Å². The Bertz CT molecular complexity index is 1300. The predicted molar refractivity (Wildman–Crippen MR) is 138 cm³/mol. The molecule has 0 radical (unpaired) electrons. The fourth-order valence-corrected chi connectivity index (χ4v) is 5.24. The van der Waals surface area contributed by atoms with Crippen LogP contribution in [0, 0.1) is 0 Å². The summed E-state index contributed by atoms with van der Waals surface area (Å²) in [5.74, 6) is 1.63. The highest BCUT2D eigenvalue weighted by Crippen LogP contribution is 2.46. The molecule has 9 heteroatoms. The Kier molecular flexibility index (Phi) is 6.02. The summed E-state index contributed by atoms with van der Waals surface area (Å²) in [6.07, 6.45) is 2.57. The minimum Gasteiger partial charge on any atom is -0.495 e. The molecule has 1 atom stereocenters. The summed E-state index contributed by atoms with van der Waals surface area (Å²) < 4.78 is 5.66. The van der Waals surface area contributed by atoms with Crippen molar-refractivity contribution in [1.82, 2.24) is 20.2 Å². The molecule has 3 aromatic rings. The second-order valence-electron chi connectivity index (χ2n) is 9.31. The number of likely N-dealkylation sites (N-methyl/N-ethyl adjacent to an activating group) is 2. The van der Waals surface area contributed by atoms with Gasteiger partial charge in [-0.25, -0.2) is 4.98 Å². The van der Waals surface area contributed by atoms with Gasteiger partial charge < -0.3 is 25.2 Å². The van der Waals surface area contributed by atoms with Crippen molar-refractivity contribution in [2.24, 2.45) is 0 Å². The fraction of sp³-hybridized carbons (Fsp3) is 0.346. The maximum absolute atomic E-state index is 12.8. The minimum absolute atomic E-state index is 0.0558. The number of para-hydroxylation sites is 1. The number of hydrogen-bond acceptors (Lipinski definition) is 7. The molecule has 8 nitrogen and oxygen atoms in total. The first-order valence-electron chi connectivity index (χ1n) is 11.6. The van der Waals surface area contributed by atoms with Gasteiger partial charge in [0.15, 0.2) is 5.82 Å². The number of ether oxygens (including phenoxy) is 1. The zero-order valence-electron chi connectivity index (χ0n) is 20.4. The summed E-state index contributed by atoms with van der Waals surface area (Å²) in [5.41, 5.74) is 4.45. The monoisotopic (exact) mass is 492 g/mol. The van der Waals surface area contributed by atoms with E-state index in [4.69, 9.17) is 21.3 Å². The summed E-state index contributed by atoms with van der Waals surface area (Å²) in [7, 11) is 5.44. The van der Waals surface area contributed by atoms with Crippen LogP contribution < -0.4 is 20.3 Å². The first kappa shape index (κ1) is 23.4. The van der Waals surface area contributed by atoms with Crippen LogP contribution >= 0.6 is 11.6 Å². The van der Waals surface area contributed by atoms with E-state index in [0.717, 1.165) is 42.2 Å². The first-order chi connectivity index (χ1) is 16.8. The lowest BCUT2D eigenvalue weighted by Gasteiger charge is -2.26. The molecule has 0 aliphatic carbocycles. The molecule has 2 aromatic carbocycles. The lowest BCUT2D eigenvalue weighted by atomic mass is 9.83. The predicted octanol–water partition coefficient (Wildman–Crippen LogP) is 4.03. The van der Waals surface area contributed by atoms with Crippen LogP contribution in [0.3, 0.4) is 0 Å². The van der Waals surface area contributed by atoms with E-state index in [0.29, 0.717) is 23.3 Å². The summed E-state index contributed by atoms with van der Waals surface area (Å²) in [4.78, 5) is 26.3. The first-order valence-corrected chi connectivity index (χ1v) is 12.0. The molecule has 2 N–H and O–H groups in total. The average Bonchev–Trinajstić information content (AvgIpc) is 3.18. The largest absolute Gasteiger partial charge is 0.495 e. The number of methoxy groups -OCH3 is 1. The van der Waals surface area contributed by atoms with Crippen molar-refractivity contribution in [2.75, 3.05) is 44.5 Å². The highest BCUT2D eigenvalue weighted by atomic mass is 35.5. The number of carbonyl (C=O) groups is 1. The lowest BCUT2D eigenvalue weighted by molar-refractivity contribution is -0.125. The van der Waals surface area contributed by atoms with Crippen LogP contribution in [0.4, 0.5) is 23.1 Å². The Morgan fingerprint density at radius 2 is 2.03 bits per heavy atom. The van der Waals surface area contributed by atoms with Crippen LogP contribution in [0.5, 0.6) is 5.75 Å². The fourth-order valence-electron chi connectivity index (χ4n) is 5.04. The maximum atomic E-state index is 12.8. The Labute approximate surface area is 210 Å². The van der Waals surface area contributed by atoms with Gasteiger partial charge in [0.1, 0.15) is 10.8 Å². The molecule has 0 fully saturated rings. The summed E-state index contributed by atoms with van der Waals surface area (Å²) in [6, 6.07) is 12.1. The molecule has 182 valence electrons. The molecule has 0 saturated heterocycles. The summed E-state index contributed by atoms with van der Waals surface area (Å²) >= 11 is 6.60. The zero-order chi connectivity index (χ0) is 24.7. The maximum Gasteiger partial charge on any atom is 0.232 e. The van der Waals surface area contributed by atoms with Crippen LogP contribution in [-0.2, 0) is 23.2 Å². The second kappa shape index (κ2) is 9.02. The third-order valence-corrected chi connectivity index (χ3v) is 7.21. The standard InChI is InChI=1S/C26H29ClN6O2/c1-26(24(34)28-2)15-33(21-8-6-5-7-18(21)26)23-19(27)13-29-25(31-23)30-20-11-17-14-32(3)10-9-16(17)12-22(20)35-4/h5-8,11-13H,9-10,14-15H2,1-4H3,(H,28,34)(H,29,30,31). The third-order valence-electron chi connectivity index (χ3n) is 6.94. The van der Waals surface area contributed by atoms with Gasteiger partial charge in [0.2, 0.25) is 11.9 Å². The van der Waals surface area contributed by atoms with E-state index in [9.17, 15) is 4.79 Å². The molecule has 0 spiro atoms. The van der Waals surface area contributed by atoms with Gasteiger partial charge in [0.05, 0.1) is 24.4 Å². The summed E-state index contributed by atoms with van der Waals surface area (Å²) in [5, 5.41) is 6.53. The van der Waals surface area contributed by atoms with E-state index in [1.165, 1.54) is 11.1 Å². The smallest absolute Gasteiger partial charge is 0.232 e. The lowest BCUT2D eigenvalue weighted by Crippen LogP contribution is -2.43. The van der Waals surface area contributed by atoms with Gasteiger partial charge in [-0.05, 0) is 55.3 Å².